The maximum absolute atomic E-state index is 5.79. The van der Waals surface area contributed by atoms with Gasteiger partial charge in [0.2, 0.25) is 0 Å². The average molecular weight is 219 g/mol. The van der Waals surface area contributed by atoms with Gasteiger partial charge in [-0.15, -0.1) is 0 Å². The Balaban J connectivity index is 2.18. The molecule has 1 heterocycles. The average Bonchev–Trinajstić information content (AvgIpc) is 2.80. The van der Waals surface area contributed by atoms with Crippen LogP contribution in [0.5, 0.6) is 0 Å². The molecule has 1 aromatic heterocycles. The van der Waals surface area contributed by atoms with Crippen LogP contribution in [0.25, 0.3) is 0 Å². The minimum atomic E-state index is 0.343. The summed E-state index contributed by atoms with van der Waals surface area (Å²) in [4.78, 5) is 6.47. The highest BCUT2D eigenvalue weighted by Crippen LogP contribution is 2.63. The summed E-state index contributed by atoms with van der Waals surface area (Å²) in [6.07, 6.45) is 2.00. The van der Waals surface area contributed by atoms with Crippen molar-refractivity contribution in [3.63, 3.8) is 0 Å². The molecule has 1 saturated carbocycles. The molecule has 3 heteroatoms. The molecule has 1 fully saturated rings. The molecule has 1 aliphatic rings. The van der Waals surface area contributed by atoms with Crippen molar-refractivity contribution < 1.29 is 0 Å². The Labute approximate surface area is 97.7 Å². The smallest absolute Gasteiger partial charge is 0.127 e. The number of nitrogens with two attached hydrogens (primary N) is 1. The Morgan fingerprint density at radius 3 is 2.44 bits per heavy atom. The van der Waals surface area contributed by atoms with Crippen molar-refractivity contribution in [1.82, 2.24) is 4.98 Å². The Morgan fingerprint density at radius 2 is 2.06 bits per heavy atom. The van der Waals surface area contributed by atoms with E-state index < -0.39 is 0 Å². The molecule has 1 aliphatic carbocycles. The largest absolute Gasteiger partial charge is 0.363 e. The van der Waals surface area contributed by atoms with Crippen molar-refractivity contribution in [2.45, 2.75) is 19.8 Å². The maximum atomic E-state index is 5.79. The normalized spacial score (nSPS) is 26.6. The summed E-state index contributed by atoms with van der Waals surface area (Å²) in [5.74, 6) is 2.20. The van der Waals surface area contributed by atoms with Crippen molar-refractivity contribution in [2.24, 2.45) is 17.1 Å². The van der Waals surface area contributed by atoms with Crippen molar-refractivity contribution in [1.29, 1.82) is 0 Å². The van der Waals surface area contributed by atoms with E-state index >= 15 is 0 Å². The van der Waals surface area contributed by atoms with Gasteiger partial charge >= 0.3 is 0 Å². The SMILES string of the molecule is CN(C)c1ccc([C@H]2[C@H](CN)C2(C)C)cn1. The fourth-order valence-electron chi connectivity index (χ4n) is 2.69. The van der Waals surface area contributed by atoms with Crippen molar-refractivity contribution in [3.05, 3.63) is 23.9 Å². The van der Waals surface area contributed by atoms with Crippen LogP contribution < -0.4 is 10.6 Å². The number of aromatic nitrogens is 1. The number of anilines is 1. The number of rotatable bonds is 3. The van der Waals surface area contributed by atoms with E-state index in [1.807, 2.05) is 25.2 Å². The molecule has 0 spiro atoms. The fraction of sp³-hybridized carbons (Fsp3) is 0.615. The van der Waals surface area contributed by atoms with Gasteiger partial charge in [0.25, 0.3) is 0 Å². The zero-order valence-electron chi connectivity index (χ0n) is 10.6. The first kappa shape index (κ1) is 11.4. The summed E-state index contributed by atoms with van der Waals surface area (Å²) in [5, 5.41) is 0. The second-order valence-corrected chi connectivity index (χ2v) is 5.49. The predicted octanol–water partition coefficient (Wildman–Crippen LogP) is 1.85. The van der Waals surface area contributed by atoms with E-state index in [0.29, 0.717) is 17.3 Å². The third kappa shape index (κ3) is 1.69. The number of pyridine rings is 1. The van der Waals surface area contributed by atoms with Crippen molar-refractivity contribution in [3.8, 4) is 0 Å². The van der Waals surface area contributed by atoms with Gasteiger partial charge in [-0.2, -0.15) is 0 Å². The summed E-state index contributed by atoms with van der Waals surface area (Å²) in [7, 11) is 4.01. The zero-order chi connectivity index (χ0) is 11.9. The minimum Gasteiger partial charge on any atom is -0.363 e. The number of hydrogen-bond acceptors (Lipinski definition) is 3. The van der Waals surface area contributed by atoms with E-state index in [1.54, 1.807) is 0 Å². The van der Waals surface area contributed by atoms with E-state index in [4.69, 9.17) is 5.73 Å². The van der Waals surface area contributed by atoms with E-state index in [2.05, 4.69) is 31.0 Å². The summed E-state index contributed by atoms with van der Waals surface area (Å²) in [6.45, 7) is 5.34. The second kappa shape index (κ2) is 3.74. The van der Waals surface area contributed by atoms with E-state index in [1.165, 1.54) is 5.56 Å². The van der Waals surface area contributed by atoms with Gasteiger partial charge in [0.05, 0.1) is 0 Å². The van der Waals surface area contributed by atoms with Gasteiger partial charge in [0.15, 0.2) is 0 Å². The Kier molecular flexibility index (Phi) is 2.66. The zero-order valence-corrected chi connectivity index (χ0v) is 10.6. The first-order chi connectivity index (χ1) is 7.48. The van der Waals surface area contributed by atoms with Crippen LogP contribution in [0.2, 0.25) is 0 Å². The Bertz CT molecular complexity index is 367. The van der Waals surface area contributed by atoms with Gasteiger partial charge < -0.3 is 10.6 Å². The van der Waals surface area contributed by atoms with Crippen LogP contribution in [-0.2, 0) is 0 Å². The van der Waals surface area contributed by atoms with E-state index in [9.17, 15) is 0 Å². The topological polar surface area (TPSA) is 42.1 Å². The predicted molar refractivity (Wildman–Crippen MR) is 67.6 cm³/mol. The standard InChI is InChI=1S/C13H21N3/c1-13(2)10(7-14)12(13)9-5-6-11(15-8-9)16(3)4/h5-6,8,10,12H,7,14H2,1-4H3/t10-,12-/m0/s1. The molecule has 0 amide bonds. The first-order valence-electron chi connectivity index (χ1n) is 5.82. The fourth-order valence-corrected chi connectivity index (χ4v) is 2.69. The van der Waals surface area contributed by atoms with Crippen molar-refractivity contribution in [2.75, 3.05) is 25.5 Å². The van der Waals surface area contributed by atoms with Gasteiger partial charge in [-0.1, -0.05) is 19.9 Å². The highest BCUT2D eigenvalue weighted by atomic mass is 15.1. The number of nitrogens with zero attached hydrogens (tertiary/aromatic N) is 2. The second-order valence-electron chi connectivity index (χ2n) is 5.49. The lowest BCUT2D eigenvalue weighted by Crippen LogP contribution is -2.10. The first-order valence-corrected chi connectivity index (χ1v) is 5.82. The van der Waals surface area contributed by atoms with Crippen molar-refractivity contribution >= 4 is 5.82 Å². The molecular formula is C13H21N3. The van der Waals surface area contributed by atoms with Crippen LogP contribution in [0.3, 0.4) is 0 Å². The Morgan fingerprint density at radius 1 is 1.38 bits per heavy atom. The van der Waals surface area contributed by atoms with Crippen LogP contribution in [0.4, 0.5) is 5.82 Å². The lowest BCUT2D eigenvalue weighted by atomic mass is 10.0. The van der Waals surface area contributed by atoms with E-state index in [0.717, 1.165) is 12.4 Å². The monoisotopic (exact) mass is 219 g/mol. The van der Waals surface area contributed by atoms with Gasteiger partial charge in [0.1, 0.15) is 5.82 Å². The molecule has 2 rings (SSSR count). The quantitative estimate of drug-likeness (QED) is 0.843. The lowest BCUT2D eigenvalue weighted by molar-refractivity contribution is 0.558. The molecule has 16 heavy (non-hydrogen) atoms. The molecular weight excluding hydrogens is 198 g/mol. The molecule has 1 aromatic rings. The van der Waals surface area contributed by atoms with E-state index in [-0.39, 0.29) is 0 Å². The molecule has 88 valence electrons. The molecule has 0 aromatic carbocycles. The minimum absolute atomic E-state index is 0.343. The molecule has 0 unspecified atom stereocenters. The van der Waals surface area contributed by atoms with Gasteiger partial charge in [0, 0.05) is 20.3 Å². The highest BCUT2D eigenvalue weighted by molar-refractivity contribution is 5.40. The Hall–Kier alpha value is -1.09. The maximum Gasteiger partial charge on any atom is 0.127 e. The summed E-state index contributed by atoms with van der Waals surface area (Å²) in [5.41, 5.74) is 7.46. The molecule has 0 aliphatic heterocycles. The molecule has 3 nitrogen and oxygen atoms in total. The summed E-state index contributed by atoms with van der Waals surface area (Å²) < 4.78 is 0. The lowest BCUT2D eigenvalue weighted by Gasteiger charge is -2.11. The van der Waals surface area contributed by atoms with Crippen LogP contribution in [0.1, 0.15) is 25.3 Å². The van der Waals surface area contributed by atoms with Crippen LogP contribution >= 0.6 is 0 Å². The molecule has 2 atom stereocenters. The molecule has 0 bridgehead atoms. The van der Waals surface area contributed by atoms with Crippen LogP contribution in [-0.4, -0.2) is 25.6 Å². The number of hydrogen-bond donors (Lipinski definition) is 1. The third-order valence-electron chi connectivity index (χ3n) is 3.89. The summed E-state index contributed by atoms with van der Waals surface area (Å²) in [6, 6.07) is 4.27. The molecule has 0 saturated heterocycles. The molecule has 2 N–H and O–H groups in total. The van der Waals surface area contributed by atoms with Gasteiger partial charge in [-0.25, -0.2) is 4.98 Å². The van der Waals surface area contributed by atoms with Gasteiger partial charge in [-0.3, -0.25) is 0 Å². The third-order valence-corrected chi connectivity index (χ3v) is 3.89. The van der Waals surface area contributed by atoms with Crippen LogP contribution in [0, 0.1) is 11.3 Å². The van der Waals surface area contributed by atoms with Gasteiger partial charge in [-0.05, 0) is 35.4 Å². The van der Waals surface area contributed by atoms with Crippen LogP contribution in [0.15, 0.2) is 18.3 Å². The summed E-state index contributed by atoms with van der Waals surface area (Å²) >= 11 is 0. The highest BCUT2D eigenvalue weighted by Gasteiger charge is 2.57. The molecule has 0 radical (unpaired) electrons.